The molecule has 5 aromatic rings. The first-order chi connectivity index (χ1) is 33.2. The van der Waals surface area contributed by atoms with Crippen LogP contribution in [0.4, 0.5) is 14.6 Å². The Kier molecular flexibility index (Phi) is 16.5. The standard InChI is InChI=1S/C43H51F2N7O14P2S/c1-2-3-4-5-6-7-8-9-20-59-28-16-12-27(13-17-28)42(54)62-29-14-10-26(11-15-29)23-69-68(58)61-22-31-36(33(44)40(63-31)51-19-18-32(53)50-43(51)55)65-67(56,57)60-21-30-37(66-68)34(45)41(64-30)52-25-49-35-38(46)47-24-48-39(35)52/h10-19,24-25,30-31,33-34,36-37,40-41H,2-9,20-23H2,1H3,(H,56,57)(H2,46,47,48)(H,50,53,55). The van der Waals surface area contributed by atoms with Crippen LogP contribution in [0, 0.1) is 0 Å². The Morgan fingerprint density at radius 1 is 0.841 bits per heavy atom. The third-order valence-corrected chi connectivity index (χ3v) is 16.1. The number of nitrogens with two attached hydrogens (primary N) is 1. The molecule has 10 atom stereocenters. The topological polar surface area (TPSA) is 270 Å². The summed E-state index contributed by atoms with van der Waals surface area (Å²) >= 11 is 0.607. The van der Waals surface area contributed by atoms with Gasteiger partial charge in [-0.05, 0) is 59.8 Å². The molecule has 2 aromatic carbocycles. The summed E-state index contributed by atoms with van der Waals surface area (Å²) in [6.07, 6.45) is -2.26. The predicted molar refractivity (Wildman–Crippen MR) is 245 cm³/mol. The van der Waals surface area contributed by atoms with Crippen LogP contribution in [0.3, 0.4) is 0 Å². The molecule has 10 unspecified atom stereocenters. The highest BCUT2D eigenvalue weighted by molar-refractivity contribution is 8.54. The summed E-state index contributed by atoms with van der Waals surface area (Å²) in [6, 6.07) is 13.8. The maximum atomic E-state index is 16.8. The van der Waals surface area contributed by atoms with Crippen LogP contribution in [0.15, 0.2) is 83.0 Å². The number of carbonyl (C=O) groups excluding carboxylic acids is 1. The van der Waals surface area contributed by atoms with E-state index in [2.05, 4.69) is 21.9 Å². The van der Waals surface area contributed by atoms with Crippen molar-refractivity contribution in [2.75, 3.05) is 25.6 Å². The van der Waals surface area contributed by atoms with E-state index in [1.807, 2.05) is 4.98 Å². The Balaban J connectivity index is 0.956. The second-order valence-electron chi connectivity index (χ2n) is 16.4. The van der Waals surface area contributed by atoms with Crippen LogP contribution in [-0.4, -0.2) is 96.5 Å². The Bertz CT molecular complexity index is 2770. The van der Waals surface area contributed by atoms with E-state index in [-0.39, 0.29) is 28.5 Å². The van der Waals surface area contributed by atoms with Crippen LogP contribution >= 0.6 is 26.0 Å². The summed E-state index contributed by atoms with van der Waals surface area (Å²) in [5, 5.41) is 0. The molecule has 3 saturated heterocycles. The fourth-order valence-electron chi connectivity index (χ4n) is 7.89. The van der Waals surface area contributed by atoms with Crippen LogP contribution in [0.25, 0.3) is 11.2 Å². The van der Waals surface area contributed by atoms with Crippen molar-refractivity contribution in [3.63, 3.8) is 0 Å². The molecule has 0 aliphatic carbocycles. The first-order valence-corrected chi connectivity index (χ1v) is 26.9. The molecule has 4 N–H and O–H groups in total. The van der Waals surface area contributed by atoms with Gasteiger partial charge in [0.05, 0.1) is 31.7 Å². The number of fused-ring (bicyclic) bond motifs is 3. The number of nitrogens with zero attached hydrogens (tertiary/aromatic N) is 5. The lowest BCUT2D eigenvalue weighted by Gasteiger charge is -2.29. The van der Waals surface area contributed by atoms with Gasteiger partial charge in [0.25, 0.3) is 5.56 Å². The summed E-state index contributed by atoms with van der Waals surface area (Å²) in [7, 11) is -5.25. The molecule has 3 aromatic heterocycles. The van der Waals surface area contributed by atoms with E-state index in [1.54, 1.807) is 36.4 Å². The van der Waals surface area contributed by atoms with Gasteiger partial charge >= 0.3 is 26.3 Å². The first kappa shape index (κ1) is 50.5. The minimum atomic E-state index is -5.25. The molecular weight excluding hydrogens is 971 g/mol. The van der Waals surface area contributed by atoms with Crippen LogP contribution in [0.5, 0.6) is 11.5 Å². The SMILES string of the molecule is CCCCCCCCCCOc1ccc(C(=O)Oc2ccc(CSP3(=O)OCC4OC(n5ccc(=O)[nH]c5=O)C(F)C4OP(=O)(O)OCC4OC(n5cnc6c(N)ncnc65)C(F)C4O3)cc2)cc1. The van der Waals surface area contributed by atoms with Gasteiger partial charge < -0.3 is 29.6 Å². The lowest BCUT2D eigenvalue weighted by Crippen LogP contribution is -2.38. The van der Waals surface area contributed by atoms with Crippen LogP contribution < -0.4 is 26.5 Å². The van der Waals surface area contributed by atoms with Gasteiger partial charge in [-0.1, -0.05) is 64.0 Å². The average molecular weight is 1020 g/mol. The van der Waals surface area contributed by atoms with Crippen LogP contribution in [-0.2, 0) is 42.5 Å². The number of esters is 1. The number of nitrogens with one attached hydrogen (secondary N) is 1. The number of H-pyrrole nitrogens is 1. The molecule has 0 spiro atoms. The number of unbranched alkanes of at least 4 members (excludes halogenated alkanes) is 7. The maximum Gasteiger partial charge on any atom is 0.472 e. The monoisotopic (exact) mass is 1020 g/mol. The highest BCUT2D eigenvalue weighted by Crippen LogP contribution is 2.65. The predicted octanol–water partition coefficient (Wildman–Crippen LogP) is 7.13. The van der Waals surface area contributed by atoms with Crippen molar-refractivity contribution in [1.82, 2.24) is 29.1 Å². The zero-order chi connectivity index (χ0) is 48.7. The number of hydrogen-bond acceptors (Lipinski definition) is 18. The second-order valence-corrected chi connectivity index (χ2v) is 21.9. The maximum absolute atomic E-state index is 16.8. The highest BCUT2D eigenvalue weighted by Gasteiger charge is 2.55. The number of ether oxygens (including phenoxy) is 4. The summed E-state index contributed by atoms with van der Waals surface area (Å²) < 4.78 is 109. The minimum Gasteiger partial charge on any atom is -0.494 e. The first-order valence-electron chi connectivity index (χ1n) is 22.3. The van der Waals surface area contributed by atoms with Gasteiger partial charge in [0.1, 0.15) is 47.8 Å². The van der Waals surface area contributed by atoms with Crippen molar-refractivity contribution in [2.24, 2.45) is 0 Å². The zero-order valence-corrected chi connectivity index (χ0v) is 39.8. The number of halogens is 2. The van der Waals surface area contributed by atoms with Gasteiger partial charge in [0.15, 0.2) is 36.3 Å². The number of anilines is 1. The summed E-state index contributed by atoms with van der Waals surface area (Å²) in [5.41, 5.74) is 5.08. The van der Waals surface area contributed by atoms with Crippen LogP contribution in [0.1, 0.15) is 86.7 Å². The summed E-state index contributed by atoms with van der Waals surface area (Å²) in [4.78, 5) is 62.3. The zero-order valence-electron chi connectivity index (χ0n) is 37.2. The van der Waals surface area contributed by atoms with Gasteiger partial charge in [0.2, 0.25) is 0 Å². The number of phosphoric acid groups is 1. The molecule has 21 nitrogen and oxygen atoms in total. The van der Waals surface area contributed by atoms with E-state index >= 15 is 8.78 Å². The molecule has 69 heavy (non-hydrogen) atoms. The number of nitrogen functional groups attached to an aromatic ring is 1. The highest BCUT2D eigenvalue weighted by atomic mass is 32.7. The largest absolute Gasteiger partial charge is 0.494 e. The van der Waals surface area contributed by atoms with Crippen LogP contribution in [0.2, 0.25) is 0 Å². The number of rotatable bonds is 17. The van der Waals surface area contributed by atoms with Crippen molar-refractivity contribution in [3.8, 4) is 11.5 Å². The smallest absolute Gasteiger partial charge is 0.472 e. The number of aromatic amines is 1. The average Bonchev–Trinajstić information content (AvgIpc) is 3.99. The quantitative estimate of drug-likeness (QED) is 0.0362. The number of phosphoric ester groups is 1. The van der Waals surface area contributed by atoms with Gasteiger partial charge in [0, 0.05) is 18.0 Å². The molecule has 8 rings (SSSR count). The van der Waals surface area contributed by atoms with Crippen molar-refractivity contribution >= 4 is 49.0 Å². The third-order valence-electron chi connectivity index (χ3n) is 11.5. The van der Waals surface area contributed by atoms with E-state index in [0.717, 1.165) is 31.4 Å². The molecule has 0 radical (unpaired) electrons. The number of benzene rings is 2. The van der Waals surface area contributed by atoms with E-state index in [0.29, 0.717) is 39.4 Å². The number of carbonyl (C=O) groups is 1. The van der Waals surface area contributed by atoms with Crippen molar-refractivity contribution < 1.29 is 64.6 Å². The van der Waals surface area contributed by atoms with E-state index in [9.17, 15) is 28.4 Å². The fourth-order valence-corrected chi connectivity index (χ4v) is 12.2. The Morgan fingerprint density at radius 3 is 2.17 bits per heavy atom. The Hall–Kier alpha value is -4.87. The molecule has 3 aliphatic rings. The molecule has 3 fully saturated rings. The summed E-state index contributed by atoms with van der Waals surface area (Å²) in [6.45, 7) is -3.62. The third kappa shape index (κ3) is 12.4. The molecule has 6 heterocycles. The molecule has 372 valence electrons. The normalized spacial score (nSPS) is 28.3. The van der Waals surface area contributed by atoms with E-state index < -0.39 is 94.3 Å². The molecule has 0 amide bonds. The Labute approximate surface area is 397 Å². The van der Waals surface area contributed by atoms with Crippen molar-refractivity contribution in [3.05, 3.63) is 105 Å². The number of hydrogen-bond donors (Lipinski definition) is 3. The molecule has 26 heteroatoms. The van der Waals surface area contributed by atoms with Gasteiger partial charge in [-0.25, -0.2) is 42.5 Å². The van der Waals surface area contributed by atoms with Crippen molar-refractivity contribution in [2.45, 2.75) is 113 Å². The number of aromatic nitrogens is 6. The van der Waals surface area contributed by atoms with Gasteiger partial charge in [-0.2, -0.15) is 0 Å². The molecule has 0 saturated carbocycles. The van der Waals surface area contributed by atoms with Gasteiger partial charge in [-0.3, -0.25) is 37.0 Å². The lowest BCUT2D eigenvalue weighted by molar-refractivity contribution is -0.0616. The molecule has 0 bridgehead atoms. The van der Waals surface area contributed by atoms with Crippen molar-refractivity contribution in [1.29, 1.82) is 0 Å². The number of alkyl halides is 2. The van der Waals surface area contributed by atoms with E-state index in [4.69, 9.17) is 42.8 Å². The van der Waals surface area contributed by atoms with E-state index in [1.165, 1.54) is 61.6 Å². The minimum absolute atomic E-state index is 0.0106. The molecule has 3 aliphatic heterocycles. The molecular formula is C43H51F2N7O14P2S. The fraction of sp³-hybridized carbons (Fsp3) is 0.488. The lowest BCUT2D eigenvalue weighted by atomic mass is 10.1. The summed E-state index contributed by atoms with van der Waals surface area (Å²) in [5.74, 6) is 0.111. The van der Waals surface area contributed by atoms with Gasteiger partial charge in [-0.15, -0.1) is 0 Å². The number of imidazole rings is 1. The second kappa shape index (κ2) is 22.5. The Morgan fingerprint density at radius 2 is 1.48 bits per heavy atom.